The summed E-state index contributed by atoms with van der Waals surface area (Å²) in [6.07, 6.45) is 4.38. The van der Waals surface area contributed by atoms with Gasteiger partial charge in [0.05, 0.1) is 6.61 Å². The van der Waals surface area contributed by atoms with Crippen molar-refractivity contribution in [3.8, 4) is 0 Å². The number of hydrogen-bond donors (Lipinski definition) is 3. The molecule has 1 rings (SSSR count). The molecule has 1 unspecified atom stereocenters. The van der Waals surface area contributed by atoms with Gasteiger partial charge in [-0.3, -0.25) is 10.1 Å². The van der Waals surface area contributed by atoms with E-state index in [0.717, 1.165) is 25.7 Å². The fraction of sp³-hybridized carbons (Fsp3) is 0.909. The minimum atomic E-state index is -0.924. The average Bonchev–Trinajstić information content (AvgIpc) is 2.66. The van der Waals surface area contributed by atoms with Crippen molar-refractivity contribution < 1.29 is 15.0 Å². The third kappa shape index (κ3) is 2.49. The molecule has 0 aromatic carbocycles. The van der Waals surface area contributed by atoms with Gasteiger partial charge in [0.2, 0.25) is 0 Å². The van der Waals surface area contributed by atoms with Gasteiger partial charge in [0.1, 0.15) is 5.54 Å². The lowest BCUT2D eigenvalue weighted by Gasteiger charge is -2.37. The predicted octanol–water partition coefficient (Wildman–Crippen LogP) is 1.13. The van der Waals surface area contributed by atoms with E-state index >= 15 is 0 Å². The number of aliphatic hydroxyl groups is 1. The molecule has 4 nitrogen and oxygen atoms in total. The highest BCUT2D eigenvalue weighted by Crippen LogP contribution is 2.31. The van der Waals surface area contributed by atoms with Crippen LogP contribution in [0.1, 0.15) is 46.0 Å². The fourth-order valence-electron chi connectivity index (χ4n) is 2.25. The summed E-state index contributed by atoms with van der Waals surface area (Å²) in [5.74, 6) is -0.843. The van der Waals surface area contributed by atoms with Crippen LogP contribution < -0.4 is 5.32 Å². The van der Waals surface area contributed by atoms with Gasteiger partial charge in [-0.05, 0) is 26.2 Å². The van der Waals surface area contributed by atoms with Gasteiger partial charge in [-0.1, -0.05) is 19.8 Å². The molecule has 0 aromatic heterocycles. The second-order valence-corrected chi connectivity index (χ2v) is 4.76. The summed E-state index contributed by atoms with van der Waals surface area (Å²) >= 11 is 0. The van der Waals surface area contributed by atoms with Crippen LogP contribution in [0.2, 0.25) is 0 Å². The summed E-state index contributed by atoms with van der Waals surface area (Å²) in [6, 6.07) is 0. The molecule has 1 saturated carbocycles. The Bertz CT molecular complexity index is 236. The van der Waals surface area contributed by atoms with E-state index in [4.69, 9.17) is 5.11 Å². The zero-order valence-corrected chi connectivity index (χ0v) is 9.55. The van der Waals surface area contributed by atoms with Crippen LogP contribution in [-0.2, 0) is 4.79 Å². The Kier molecular flexibility index (Phi) is 3.73. The number of carboxylic acid groups (broad SMARTS) is 1. The largest absolute Gasteiger partial charge is 0.480 e. The lowest BCUT2D eigenvalue weighted by molar-refractivity contribution is -0.145. The van der Waals surface area contributed by atoms with Gasteiger partial charge in [-0.2, -0.15) is 0 Å². The SMILES string of the molecule is CCC(C)(NC1(CO)CCCC1)C(=O)O. The molecular formula is C11H21NO3. The number of nitrogens with one attached hydrogen (secondary N) is 1. The standard InChI is InChI=1S/C11H21NO3/c1-3-10(2,9(14)15)12-11(8-13)6-4-5-7-11/h12-13H,3-8H2,1-2H3,(H,14,15). The van der Waals surface area contributed by atoms with Gasteiger partial charge in [0.25, 0.3) is 0 Å². The van der Waals surface area contributed by atoms with Crippen molar-refractivity contribution in [2.24, 2.45) is 0 Å². The first-order valence-corrected chi connectivity index (χ1v) is 5.62. The second kappa shape index (κ2) is 4.49. The molecule has 0 spiro atoms. The quantitative estimate of drug-likeness (QED) is 0.643. The summed E-state index contributed by atoms with van der Waals surface area (Å²) in [5, 5.41) is 21.7. The van der Waals surface area contributed by atoms with E-state index in [2.05, 4.69) is 5.32 Å². The molecule has 15 heavy (non-hydrogen) atoms. The molecule has 0 saturated heterocycles. The number of aliphatic carboxylic acids is 1. The van der Waals surface area contributed by atoms with Crippen molar-refractivity contribution >= 4 is 5.97 Å². The highest BCUT2D eigenvalue weighted by atomic mass is 16.4. The maximum absolute atomic E-state index is 11.2. The molecule has 0 bridgehead atoms. The zero-order chi connectivity index (χ0) is 11.5. The molecule has 0 aliphatic heterocycles. The monoisotopic (exact) mass is 215 g/mol. The number of hydrogen-bond acceptors (Lipinski definition) is 3. The maximum atomic E-state index is 11.2. The van der Waals surface area contributed by atoms with Crippen LogP contribution in [0.25, 0.3) is 0 Å². The molecule has 4 heteroatoms. The van der Waals surface area contributed by atoms with Crippen molar-refractivity contribution in [1.82, 2.24) is 5.32 Å². The van der Waals surface area contributed by atoms with Crippen LogP contribution in [0.5, 0.6) is 0 Å². The molecule has 3 N–H and O–H groups in total. The van der Waals surface area contributed by atoms with Gasteiger partial charge in [0.15, 0.2) is 0 Å². The molecule has 1 aliphatic rings. The van der Waals surface area contributed by atoms with Gasteiger partial charge in [0, 0.05) is 5.54 Å². The van der Waals surface area contributed by atoms with E-state index < -0.39 is 11.5 Å². The Hall–Kier alpha value is -0.610. The molecule has 0 heterocycles. The summed E-state index contributed by atoms with van der Waals surface area (Å²) < 4.78 is 0. The van der Waals surface area contributed by atoms with Crippen LogP contribution in [-0.4, -0.2) is 33.9 Å². The van der Waals surface area contributed by atoms with Crippen molar-refractivity contribution in [2.45, 2.75) is 57.0 Å². The first-order valence-electron chi connectivity index (χ1n) is 5.62. The molecular weight excluding hydrogens is 194 g/mol. The topological polar surface area (TPSA) is 69.6 Å². The van der Waals surface area contributed by atoms with Crippen molar-refractivity contribution in [2.75, 3.05) is 6.61 Å². The molecule has 1 aliphatic carbocycles. The summed E-state index contributed by atoms with van der Waals surface area (Å²) in [4.78, 5) is 11.2. The Morgan fingerprint density at radius 2 is 2.00 bits per heavy atom. The Balaban J connectivity index is 2.76. The van der Waals surface area contributed by atoms with Crippen LogP contribution in [0.3, 0.4) is 0 Å². The second-order valence-electron chi connectivity index (χ2n) is 4.76. The Morgan fingerprint density at radius 1 is 1.47 bits per heavy atom. The number of aliphatic hydroxyl groups excluding tert-OH is 1. The van der Waals surface area contributed by atoms with Crippen LogP contribution in [0, 0.1) is 0 Å². The van der Waals surface area contributed by atoms with E-state index in [1.165, 1.54) is 0 Å². The fourth-order valence-corrected chi connectivity index (χ4v) is 2.25. The minimum absolute atomic E-state index is 0.0237. The normalized spacial score (nSPS) is 23.7. The highest BCUT2D eigenvalue weighted by molar-refractivity contribution is 5.78. The van der Waals surface area contributed by atoms with Crippen molar-refractivity contribution in [3.05, 3.63) is 0 Å². The first-order chi connectivity index (χ1) is 6.98. The summed E-state index contributed by atoms with van der Waals surface area (Å²) in [6.45, 7) is 3.56. The van der Waals surface area contributed by atoms with Crippen LogP contribution in [0.15, 0.2) is 0 Å². The molecule has 0 amide bonds. The summed E-state index contributed by atoms with van der Waals surface area (Å²) in [7, 11) is 0. The Morgan fingerprint density at radius 3 is 2.33 bits per heavy atom. The van der Waals surface area contributed by atoms with Crippen molar-refractivity contribution in [1.29, 1.82) is 0 Å². The maximum Gasteiger partial charge on any atom is 0.323 e. The van der Waals surface area contributed by atoms with Gasteiger partial charge >= 0.3 is 5.97 Å². The first kappa shape index (κ1) is 12.5. The van der Waals surface area contributed by atoms with Gasteiger partial charge in [-0.15, -0.1) is 0 Å². The minimum Gasteiger partial charge on any atom is -0.480 e. The molecule has 0 aromatic rings. The lowest BCUT2D eigenvalue weighted by Crippen LogP contribution is -2.60. The smallest absolute Gasteiger partial charge is 0.323 e. The van der Waals surface area contributed by atoms with E-state index in [0.29, 0.717) is 6.42 Å². The number of carbonyl (C=O) groups is 1. The molecule has 1 atom stereocenters. The Labute approximate surface area is 90.7 Å². The number of rotatable bonds is 5. The van der Waals surface area contributed by atoms with Gasteiger partial charge in [-0.25, -0.2) is 0 Å². The third-order valence-corrected chi connectivity index (χ3v) is 3.58. The molecule has 88 valence electrons. The van der Waals surface area contributed by atoms with Crippen LogP contribution in [0.4, 0.5) is 0 Å². The van der Waals surface area contributed by atoms with Gasteiger partial charge < -0.3 is 10.2 Å². The molecule has 0 radical (unpaired) electrons. The number of carboxylic acids is 1. The van der Waals surface area contributed by atoms with Crippen LogP contribution >= 0.6 is 0 Å². The lowest BCUT2D eigenvalue weighted by atomic mass is 9.90. The van der Waals surface area contributed by atoms with E-state index in [1.807, 2.05) is 6.92 Å². The van der Waals surface area contributed by atoms with E-state index in [1.54, 1.807) is 6.92 Å². The van der Waals surface area contributed by atoms with Crippen molar-refractivity contribution in [3.63, 3.8) is 0 Å². The molecule has 1 fully saturated rings. The summed E-state index contributed by atoms with van der Waals surface area (Å²) in [5.41, 5.74) is -1.30. The predicted molar refractivity (Wildman–Crippen MR) is 57.8 cm³/mol. The highest BCUT2D eigenvalue weighted by Gasteiger charge is 2.42. The average molecular weight is 215 g/mol. The van der Waals surface area contributed by atoms with E-state index in [9.17, 15) is 9.90 Å². The zero-order valence-electron chi connectivity index (χ0n) is 9.55. The third-order valence-electron chi connectivity index (χ3n) is 3.58. The van der Waals surface area contributed by atoms with E-state index in [-0.39, 0.29) is 12.1 Å².